The first-order chi connectivity index (χ1) is 17.8. The average molecular weight is 522 g/mol. The molecule has 1 fully saturated rings. The standard InChI is InChI=1S/C29H32ClN3O4/c1-17(34)14-18-2-6-20(7-3-18)21-8-10-22(11-9-21)27-24(30)16-25-28(32-27)33-29(31-25)37-23-12-4-19(5-13-23)15-26(35)36/h6,8-11,16,18-19,23H,2-5,7,12-15H2,1H3,(H,35,36)(H,31,32,33). The summed E-state index contributed by atoms with van der Waals surface area (Å²) in [6, 6.07) is 10.5. The van der Waals surface area contributed by atoms with E-state index in [1.165, 1.54) is 11.1 Å². The number of carboxylic acids is 1. The van der Waals surface area contributed by atoms with Crippen LogP contribution in [0.4, 0.5) is 0 Å². The molecule has 1 unspecified atom stereocenters. The summed E-state index contributed by atoms with van der Waals surface area (Å²) < 4.78 is 6.07. The number of rotatable bonds is 8. The van der Waals surface area contributed by atoms with Crippen molar-refractivity contribution in [1.82, 2.24) is 15.0 Å². The van der Waals surface area contributed by atoms with E-state index in [0.717, 1.165) is 50.5 Å². The zero-order valence-electron chi connectivity index (χ0n) is 21.0. The molecule has 1 aromatic carbocycles. The molecule has 0 saturated heterocycles. The number of fused-ring (bicyclic) bond motifs is 1. The van der Waals surface area contributed by atoms with E-state index in [1.807, 2.05) is 18.2 Å². The largest absolute Gasteiger partial charge is 0.481 e. The van der Waals surface area contributed by atoms with E-state index in [0.29, 0.717) is 40.2 Å². The number of aliphatic carboxylic acids is 1. The van der Waals surface area contributed by atoms with Gasteiger partial charge in [0.25, 0.3) is 6.01 Å². The Bertz CT molecular complexity index is 1320. The predicted octanol–water partition coefficient (Wildman–Crippen LogP) is 6.85. The van der Waals surface area contributed by atoms with Crippen molar-refractivity contribution in [2.75, 3.05) is 0 Å². The van der Waals surface area contributed by atoms with Crippen LogP contribution < -0.4 is 4.74 Å². The minimum atomic E-state index is -0.736. The number of nitrogens with zero attached hydrogens (tertiary/aromatic N) is 2. The number of hydrogen-bond donors (Lipinski definition) is 2. The number of aromatic amines is 1. The lowest BCUT2D eigenvalue weighted by molar-refractivity contribution is -0.138. The summed E-state index contributed by atoms with van der Waals surface area (Å²) in [5.41, 5.74) is 5.37. The number of allylic oxidation sites excluding steroid dienone is 2. The zero-order valence-corrected chi connectivity index (χ0v) is 21.8. The third-order valence-corrected chi connectivity index (χ3v) is 7.85. The van der Waals surface area contributed by atoms with E-state index in [9.17, 15) is 9.59 Å². The Morgan fingerprint density at radius 1 is 1.03 bits per heavy atom. The Balaban J connectivity index is 1.26. The van der Waals surface area contributed by atoms with Gasteiger partial charge in [0.2, 0.25) is 0 Å². The molecule has 194 valence electrons. The number of nitrogens with one attached hydrogen (secondary N) is 1. The molecule has 2 aromatic heterocycles. The number of Topliss-reactive ketones (excluding diaryl/α,β-unsaturated/α-hetero) is 1. The maximum Gasteiger partial charge on any atom is 0.303 e. The van der Waals surface area contributed by atoms with Crippen LogP contribution in [0.1, 0.15) is 70.3 Å². The summed E-state index contributed by atoms with van der Waals surface area (Å²) in [4.78, 5) is 34.8. The summed E-state index contributed by atoms with van der Waals surface area (Å²) in [6.07, 6.45) is 9.48. The highest BCUT2D eigenvalue weighted by molar-refractivity contribution is 6.33. The number of H-pyrrole nitrogens is 1. The van der Waals surface area contributed by atoms with Crippen LogP contribution in [0, 0.1) is 11.8 Å². The van der Waals surface area contributed by atoms with Crippen LogP contribution in [0.2, 0.25) is 5.02 Å². The Labute approximate surface area is 221 Å². The number of hydrogen-bond acceptors (Lipinski definition) is 5. The number of ether oxygens (including phenoxy) is 1. The van der Waals surface area contributed by atoms with E-state index in [2.05, 4.69) is 28.2 Å². The van der Waals surface area contributed by atoms with E-state index in [1.54, 1.807) is 6.92 Å². The lowest BCUT2D eigenvalue weighted by atomic mass is 9.84. The number of carbonyl (C=O) groups is 2. The first-order valence-corrected chi connectivity index (χ1v) is 13.5. The van der Waals surface area contributed by atoms with Crippen LogP contribution in [0.5, 0.6) is 6.01 Å². The van der Waals surface area contributed by atoms with Crippen molar-refractivity contribution in [2.45, 2.75) is 70.8 Å². The Morgan fingerprint density at radius 2 is 1.76 bits per heavy atom. The average Bonchev–Trinajstić information content (AvgIpc) is 3.25. The minimum Gasteiger partial charge on any atom is -0.481 e. The number of carboxylic acid groups (broad SMARTS) is 1. The molecule has 1 atom stereocenters. The fraction of sp³-hybridized carbons (Fsp3) is 0.448. The van der Waals surface area contributed by atoms with Crippen molar-refractivity contribution >= 4 is 40.1 Å². The molecule has 0 radical (unpaired) electrons. The van der Waals surface area contributed by atoms with Gasteiger partial charge in [0.1, 0.15) is 11.9 Å². The predicted molar refractivity (Wildman–Crippen MR) is 144 cm³/mol. The summed E-state index contributed by atoms with van der Waals surface area (Å²) in [6.45, 7) is 1.67. The zero-order chi connectivity index (χ0) is 25.9. The second kappa shape index (κ2) is 11.1. The van der Waals surface area contributed by atoms with Crippen LogP contribution in [0.3, 0.4) is 0 Å². The number of benzene rings is 1. The first-order valence-electron chi connectivity index (χ1n) is 13.1. The van der Waals surface area contributed by atoms with Gasteiger partial charge in [-0.05, 0) is 80.9 Å². The maximum absolute atomic E-state index is 11.4. The van der Waals surface area contributed by atoms with Crippen LogP contribution in [0.25, 0.3) is 28.0 Å². The molecule has 1 saturated carbocycles. The second-order valence-electron chi connectivity index (χ2n) is 10.4. The van der Waals surface area contributed by atoms with Crippen molar-refractivity contribution in [3.8, 4) is 17.3 Å². The van der Waals surface area contributed by atoms with Crippen molar-refractivity contribution in [3.05, 3.63) is 47.0 Å². The van der Waals surface area contributed by atoms with Crippen molar-refractivity contribution in [3.63, 3.8) is 0 Å². The van der Waals surface area contributed by atoms with E-state index in [4.69, 9.17) is 26.4 Å². The van der Waals surface area contributed by atoms with E-state index >= 15 is 0 Å². The molecule has 2 N–H and O–H groups in total. The van der Waals surface area contributed by atoms with Gasteiger partial charge in [0.15, 0.2) is 5.65 Å². The molecular weight excluding hydrogens is 490 g/mol. The molecule has 3 aromatic rings. The number of aromatic nitrogens is 3. The van der Waals surface area contributed by atoms with Gasteiger partial charge in [0, 0.05) is 18.4 Å². The number of ketones is 1. The quantitative estimate of drug-likeness (QED) is 0.335. The maximum atomic E-state index is 11.4. The third-order valence-electron chi connectivity index (χ3n) is 7.57. The fourth-order valence-corrected chi connectivity index (χ4v) is 5.86. The number of halogens is 1. The van der Waals surface area contributed by atoms with Gasteiger partial charge >= 0.3 is 5.97 Å². The molecule has 2 aliphatic carbocycles. The molecule has 2 aliphatic rings. The summed E-state index contributed by atoms with van der Waals surface area (Å²) >= 11 is 6.60. The summed E-state index contributed by atoms with van der Waals surface area (Å²) in [5, 5.41) is 9.54. The Hall–Kier alpha value is -3.19. The van der Waals surface area contributed by atoms with Gasteiger partial charge in [-0.3, -0.25) is 4.79 Å². The molecule has 0 aliphatic heterocycles. The van der Waals surface area contributed by atoms with Gasteiger partial charge in [0.05, 0.1) is 16.2 Å². The lowest BCUT2D eigenvalue weighted by Crippen LogP contribution is -2.25. The Morgan fingerprint density at radius 3 is 2.41 bits per heavy atom. The lowest BCUT2D eigenvalue weighted by Gasteiger charge is -2.27. The van der Waals surface area contributed by atoms with Gasteiger partial charge in [-0.2, -0.15) is 4.98 Å². The number of imidazole rings is 1. The SMILES string of the molecule is CC(=O)CC1CC=C(c2ccc(-c3nc4nc(OC5CCC(CC(=O)O)CC5)[nH]c4cc3Cl)cc2)CC1. The smallest absolute Gasteiger partial charge is 0.303 e. The molecule has 37 heavy (non-hydrogen) atoms. The monoisotopic (exact) mass is 521 g/mol. The number of pyridine rings is 1. The van der Waals surface area contributed by atoms with Crippen molar-refractivity contribution in [2.24, 2.45) is 11.8 Å². The normalized spacial score (nSPS) is 22.0. The second-order valence-corrected chi connectivity index (χ2v) is 10.9. The topological polar surface area (TPSA) is 105 Å². The van der Waals surface area contributed by atoms with Gasteiger partial charge in [-0.25, -0.2) is 4.98 Å². The number of carbonyl (C=O) groups excluding carboxylic acids is 1. The highest BCUT2D eigenvalue weighted by atomic mass is 35.5. The van der Waals surface area contributed by atoms with Gasteiger partial charge in [-0.1, -0.05) is 41.9 Å². The molecule has 0 spiro atoms. The molecule has 0 bridgehead atoms. The molecule has 5 rings (SSSR count). The minimum absolute atomic E-state index is 0.0138. The molecule has 0 amide bonds. The molecule has 2 heterocycles. The van der Waals surface area contributed by atoms with Gasteiger partial charge < -0.3 is 19.6 Å². The van der Waals surface area contributed by atoms with Crippen molar-refractivity contribution < 1.29 is 19.4 Å². The summed E-state index contributed by atoms with van der Waals surface area (Å²) in [7, 11) is 0. The third kappa shape index (κ3) is 6.21. The van der Waals surface area contributed by atoms with Crippen LogP contribution >= 0.6 is 11.6 Å². The highest BCUT2D eigenvalue weighted by Crippen LogP contribution is 2.35. The van der Waals surface area contributed by atoms with Crippen LogP contribution in [-0.2, 0) is 9.59 Å². The fourth-order valence-electron chi connectivity index (χ4n) is 5.60. The van der Waals surface area contributed by atoms with Crippen LogP contribution in [-0.4, -0.2) is 37.9 Å². The van der Waals surface area contributed by atoms with E-state index < -0.39 is 5.97 Å². The van der Waals surface area contributed by atoms with Crippen molar-refractivity contribution in [1.29, 1.82) is 0 Å². The first kappa shape index (κ1) is 25.5. The molecule has 8 heteroatoms. The molecule has 7 nitrogen and oxygen atoms in total. The van der Waals surface area contributed by atoms with E-state index in [-0.39, 0.29) is 24.2 Å². The van der Waals surface area contributed by atoms with Gasteiger partial charge in [-0.15, -0.1) is 0 Å². The Kier molecular flexibility index (Phi) is 7.60. The highest BCUT2D eigenvalue weighted by Gasteiger charge is 2.25. The molecular formula is C29H32ClN3O4. The van der Waals surface area contributed by atoms with Crippen LogP contribution in [0.15, 0.2) is 36.4 Å². The summed E-state index contributed by atoms with van der Waals surface area (Å²) in [5.74, 6) is 0.217.